The van der Waals surface area contributed by atoms with E-state index in [1.807, 2.05) is 9.80 Å². The zero-order chi connectivity index (χ0) is 22.2. The van der Waals surface area contributed by atoms with E-state index in [0.717, 1.165) is 30.9 Å². The van der Waals surface area contributed by atoms with Crippen molar-refractivity contribution < 1.29 is 18.7 Å². The molecule has 5 rings (SSSR count). The first kappa shape index (κ1) is 22.3. The van der Waals surface area contributed by atoms with Crippen LogP contribution in [-0.2, 0) is 4.79 Å². The van der Waals surface area contributed by atoms with Crippen LogP contribution < -0.4 is 9.80 Å². The highest BCUT2D eigenvalue weighted by molar-refractivity contribution is 5.76. The first-order valence-electron chi connectivity index (χ1n) is 11.6. The second-order valence-corrected chi connectivity index (χ2v) is 10.2. The Kier molecular flexibility index (Phi) is 6.16. The normalized spacial score (nSPS) is 27.3. The van der Waals surface area contributed by atoms with Gasteiger partial charge in [0, 0.05) is 70.0 Å². The van der Waals surface area contributed by atoms with Crippen molar-refractivity contribution in [3.63, 3.8) is 0 Å². The fraction of sp³-hybridized carbons (Fsp3) is 0.708. The molecule has 1 N–H and O–H groups in total. The molecule has 7 heteroatoms. The molecule has 1 aromatic carbocycles. The van der Waals surface area contributed by atoms with Crippen LogP contribution in [0.15, 0.2) is 24.3 Å². The molecular formula is C24H35F2N3O2. The van der Waals surface area contributed by atoms with Gasteiger partial charge in [0.05, 0.1) is 6.04 Å². The number of carbonyl (C=O) groups excluding carboxylic acids is 1. The van der Waals surface area contributed by atoms with Gasteiger partial charge in [-0.15, -0.1) is 0 Å². The highest BCUT2D eigenvalue weighted by Gasteiger charge is 2.46. The van der Waals surface area contributed by atoms with E-state index in [1.165, 1.54) is 0 Å². The lowest BCUT2D eigenvalue weighted by Crippen LogP contribution is -2.54. The second kappa shape index (κ2) is 8.57. The van der Waals surface area contributed by atoms with Crippen molar-refractivity contribution in [3.05, 3.63) is 24.3 Å². The first-order chi connectivity index (χ1) is 14.7. The molecule has 5 nitrogen and oxygen atoms in total. The smallest absolute Gasteiger partial charge is 0.251 e. The van der Waals surface area contributed by atoms with Gasteiger partial charge in [0.1, 0.15) is 0 Å². The van der Waals surface area contributed by atoms with Gasteiger partial charge in [0.15, 0.2) is 0 Å². The van der Waals surface area contributed by atoms with E-state index in [9.17, 15) is 13.6 Å². The van der Waals surface area contributed by atoms with Crippen LogP contribution >= 0.6 is 0 Å². The number of halogens is 2. The predicted octanol–water partition coefficient (Wildman–Crippen LogP) is 3.76. The monoisotopic (exact) mass is 435 g/mol. The summed E-state index contributed by atoms with van der Waals surface area (Å²) in [5.41, 5.74) is 2.23. The molecule has 4 heterocycles. The molecule has 4 aliphatic heterocycles. The highest BCUT2D eigenvalue weighted by atomic mass is 19.3. The Morgan fingerprint density at radius 1 is 1.06 bits per heavy atom. The molecule has 2 atom stereocenters. The third-order valence-electron chi connectivity index (χ3n) is 7.36. The van der Waals surface area contributed by atoms with E-state index >= 15 is 0 Å². The van der Waals surface area contributed by atoms with Crippen molar-refractivity contribution in [3.8, 4) is 0 Å². The number of piperidine rings is 2. The molecule has 1 unspecified atom stereocenters. The molecule has 4 aliphatic rings. The summed E-state index contributed by atoms with van der Waals surface area (Å²) in [6, 6.07) is 8.54. The van der Waals surface area contributed by atoms with Crippen LogP contribution in [0.2, 0.25) is 0 Å². The van der Waals surface area contributed by atoms with Gasteiger partial charge >= 0.3 is 0 Å². The third kappa shape index (κ3) is 4.81. The molecule has 1 amide bonds. The van der Waals surface area contributed by atoms with E-state index in [2.05, 4.69) is 43.0 Å². The Labute approximate surface area is 184 Å². The highest BCUT2D eigenvalue weighted by Crippen LogP contribution is 2.43. The van der Waals surface area contributed by atoms with Gasteiger partial charge in [0.25, 0.3) is 5.92 Å². The maximum absolute atomic E-state index is 13.5. The maximum Gasteiger partial charge on any atom is 0.251 e. The minimum absolute atomic E-state index is 0.0467. The number of amides is 1. The van der Waals surface area contributed by atoms with Crippen LogP contribution in [0.5, 0.6) is 0 Å². The first-order valence-corrected chi connectivity index (χ1v) is 11.6. The number of alkyl halides is 2. The summed E-state index contributed by atoms with van der Waals surface area (Å²) in [5, 5.41) is 9.08. The van der Waals surface area contributed by atoms with Gasteiger partial charge in [-0.25, -0.2) is 8.78 Å². The largest absolute Gasteiger partial charge is 0.396 e. The molecule has 0 aromatic heterocycles. The number of hydrogen-bond donors (Lipinski definition) is 1. The summed E-state index contributed by atoms with van der Waals surface area (Å²) >= 11 is 0. The van der Waals surface area contributed by atoms with Crippen LogP contribution in [0.1, 0.15) is 46.0 Å². The van der Waals surface area contributed by atoms with Crippen LogP contribution in [0, 0.1) is 11.3 Å². The minimum Gasteiger partial charge on any atom is -0.396 e. The van der Waals surface area contributed by atoms with E-state index in [4.69, 9.17) is 5.11 Å². The Balaban J connectivity index is 1.49. The lowest BCUT2D eigenvalue weighted by molar-refractivity contribution is -0.131. The number of hydrogen-bond acceptors (Lipinski definition) is 4. The molecular weight excluding hydrogens is 400 g/mol. The number of fused-ring (bicyclic) bond motifs is 4. The quantitative estimate of drug-likeness (QED) is 0.765. The van der Waals surface area contributed by atoms with Gasteiger partial charge in [-0.3, -0.25) is 4.79 Å². The Morgan fingerprint density at radius 3 is 2.35 bits per heavy atom. The summed E-state index contributed by atoms with van der Waals surface area (Å²) in [6.45, 7) is 7.81. The van der Waals surface area contributed by atoms with Gasteiger partial charge in [-0.1, -0.05) is 13.8 Å². The van der Waals surface area contributed by atoms with E-state index in [-0.39, 0.29) is 36.8 Å². The van der Waals surface area contributed by atoms with Crippen LogP contribution in [0.3, 0.4) is 0 Å². The lowest BCUT2D eigenvalue weighted by atomic mass is 9.73. The van der Waals surface area contributed by atoms with Gasteiger partial charge < -0.3 is 19.8 Å². The van der Waals surface area contributed by atoms with E-state index in [1.54, 1.807) is 0 Å². The molecule has 0 aliphatic carbocycles. The molecule has 0 spiro atoms. The maximum atomic E-state index is 13.5. The predicted molar refractivity (Wildman–Crippen MR) is 119 cm³/mol. The minimum atomic E-state index is -2.53. The molecule has 4 saturated heterocycles. The summed E-state index contributed by atoms with van der Waals surface area (Å²) < 4.78 is 27.0. The van der Waals surface area contributed by atoms with Crippen LogP contribution in [0.4, 0.5) is 20.2 Å². The molecule has 4 fully saturated rings. The summed E-state index contributed by atoms with van der Waals surface area (Å²) in [7, 11) is 0. The number of nitrogens with zero attached hydrogens (tertiary/aromatic N) is 3. The van der Waals surface area contributed by atoms with Crippen molar-refractivity contribution >= 4 is 17.3 Å². The number of aliphatic hydroxyl groups is 1. The van der Waals surface area contributed by atoms with Gasteiger partial charge in [-0.05, 0) is 48.4 Å². The van der Waals surface area contributed by atoms with Crippen LogP contribution in [-0.4, -0.2) is 67.2 Å². The number of aliphatic hydroxyl groups excluding tert-OH is 1. The molecule has 172 valence electrons. The Bertz CT molecular complexity index is 774. The number of anilines is 2. The number of carbonyl (C=O) groups is 1. The van der Waals surface area contributed by atoms with Crippen molar-refractivity contribution in [2.75, 3.05) is 49.1 Å². The van der Waals surface area contributed by atoms with Crippen molar-refractivity contribution in [1.82, 2.24) is 4.90 Å². The lowest BCUT2D eigenvalue weighted by Gasteiger charge is -2.48. The van der Waals surface area contributed by atoms with Crippen LogP contribution in [0.25, 0.3) is 0 Å². The van der Waals surface area contributed by atoms with Gasteiger partial charge in [-0.2, -0.15) is 0 Å². The second-order valence-electron chi connectivity index (χ2n) is 10.2. The van der Waals surface area contributed by atoms with Crippen molar-refractivity contribution in [1.29, 1.82) is 0 Å². The molecule has 31 heavy (non-hydrogen) atoms. The van der Waals surface area contributed by atoms with Crippen molar-refractivity contribution in [2.24, 2.45) is 11.3 Å². The molecule has 0 saturated carbocycles. The SMILES string of the molecule is CC1(C)CC2CN(C(=O)CCCO)C[C@H]1N(c1ccc(N3CCC(F)(F)CC3)cc1)C2. The fourth-order valence-electron chi connectivity index (χ4n) is 5.66. The Hall–Kier alpha value is -1.89. The van der Waals surface area contributed by atoms with Crippen molar-refractivity contribution in [2.45, 2.75) is 57.9 Å². The average molecular weight is 436 g/mol. The molecule has 2 bridgehead atoms. The summed E-state index contributed by atoms with van der Waals surface area (Å²) in [4.78, 5) is 19.2. The zero-order valence-corrected chi connectivity index (χ0v) is 18.7. The Morgan fingerprint density at radius 2 is 1.71 bits per heavy atom. The topological polar surface area (TPSA) is 47.0 Å². The summed E-state index contributed by atoms with van der Waals surface area (Å²) in [5.74, 6) is -1.98. The molecule has 0 radical (unpaired) electrons. The van der Waals surface area contributed by atoms with E-state index < -0.39 is 5.92 Å². The van der Waals surface area contributed by atoms with E-state index in [0.29, 0.717) is 38.4 Å². The van der Waals surface area contributed by atoms with Gasteiger partial charge in [0.2, 0.25) is 5.91 Å². The number of rotatable bonds is 5. The molecule has 1 aromatic rings. The summed E-state index contributed by atoms with van der Waals surface area (Å²) in [6.07, 6.45) is 1.84. The zero-order valence-electron chi connectivity index (χ0n) is 18.7. The average Bonchev–Trinajstić information content (AvgIpc) is 2.99. The standard InChI is InChI=1S/C24H35F2N3O2/c1-23(2)14-18-15-28(22(31)4-3-13-30)17-21(23)29(16-18)20-7-5-19(6-8-20)27-11-9-24(25,26)10-12-27/h5-8,18,21,30H,3-4,9-17H2,1-2H3/t18?,21-/m1/s1. The third-order valence-corrected chi connectivity index (χ3v) is 7.36. The fourth-order valence-corrected chi connectivity index (χ4v) is 5.66. The number of benzene rings is 1.